The maximum Gasteiger partial charge on any atom is 0.327 e. The van der Waals surface area contributed by atoms with E-state index in [9.17, 15) is 33.0 Å². The molecule has 4 amide bonds. The highest BCUT2D eigenvalue weighted by molar-refractivity contribution is 7.96. The van der Waals surface area contributed by atoms with Crippen molar-refractivity contribution in [2.45, 2.75) is 141 Å². The molecule has 4 unspecified atom stereocenters. The molecule has 6 N–H and O–H groups in total. The van der Waals surface area contributed by atoms with E-state index in [0.29, 0.717) is 30.8 Å². The first-order chi connectivity index (χ1) is 26.0. The zero-order chi connectivity index (χ0) is 40.1. The zero-order valence-electron chi connectivity index (χ0n) is 33.2. The molecule has 2 aliphatic heterocycles. The highest BCUT2D eigenvalue weighted by Gasteiger charge is 2.50. The number of aliphatic hydroxyl groups excluding tert-OH is 1. The van der Waals surface area contributed by atoms with Crippen LogP contribution in [0.4, 0.5) is 4.79 Å². The molecule has 2 aliphatic carbocycles. The molecule has 4 aliphatic rings. The Balaban J connectivity index is 1.36. The van der Waals surface area contributed by atoms with Crippen LogP contribution in [0.3, 0.4) is 0 Å². The van der Waals surface area contributed by atoms with Crippen LogP contribution in [0.15, 0.2) is 40.6 Å². The number of urea groups is 1. The molecule has 1 aromatic rings. The van der Waals surface area contributed by atoms with Crippen molar-refractivity contribution in [3.63, 3.8) is 0 Å². The Morgan fingerprint density at radius 3 is 2.38 bits per heavy atom. The molecule has 1 saturated heterocycles. The van der Waals surface area contributed by atoms with Crippen molar-refractivity contribution in [3.05, 3.63) is 40.6 Å². The van der Waals surface area contributed by atoms with Gasteiger partial charge >= 0.3 is 16.4 Å². The molecule has 1 aromatic heterocycles. The third-order valence-corrected chi connectivity index (χ3v) is 14.7. The van der Waals surface area contributed by atoms with Crippen molar-refractivity contribution in [1.82, 2.24) is 30.5 Å². The third kappa shape index (κ3) is 10.7. The van der Waals surface area contributed by atoms with E-state index in [1.807, 2.05) is 40.0 Å². The van der Waals surface area contributed by atoms with Crippen molar-refractivity contribution in [2.24, 2.45) is 23.2 Å². The van der Waals surface area contributed by atoms with E-state index < -0.39 is 63.9 Å². The van der Waals surface area contributed by atoms with E-state index >= 15 is 0 Å². The standard InChI is InChI=1S/C40H62N6O7S2/c1-7-17-41-37(49)35(47)29(20-26-12-11-13-26)42-36(48)30-21-27(19-25(2)3)22-46(30)38(50)34(28-14-9-8-10-15-28)44-39(51)43-33(40(4,5)6)24-45-23-31-32(16-18-54-31)55(45,52)53/h7,16,18-19,26-30,33-34,36,42,48H,1,8-15,17,20-24H2,2-6H3,(H3-,41,43,44,49,51,52,53)/p+1/t27?,29?,30-,33+,34-,36?/m0/s1. The molecule has 306 valence electrons. The van der Waals surface area contributed by atoms with E-state index in [0.717, 1.165) is 61.8 Å². The van der Waals surface area contributed by atoms with Gasteiger partial charge in [0.25, 0.3) is 5.91 Å². The molecule has 0 bridgehead atoms. The van der Waals surface area contributed by atoms with Gasteiger partial charge in [0.2, 0.25) is 16.6 Å². The van der Waals surface area contributed by atoms with Crippen molar-refractivity contribution >= 4 is 45.4 Å². The van der Waals surface area contributed by atoms with Gasteiger partial charge in [-0.3, -0.25) is 19.7 Å². The van der Waals surface area contributed by atoms with Crippen LogP contribution >= 0.6 is 11.3 Å². The summed E-state index contributed by atoms with van der Waals surface area (Å²) >= 11 is 1.44. The predicted molar refractivity (Wildman–Crippen MR) is 215 cm³/mol. The smallest absolute Gasteiger partial charge is 0.327 e. The van der Waals surface area contributed by atoms with Gasteiger partial charge in [0.05, 0.1) is 36.1 Å². The summed E-state index contributed by atoms with van der Waals surface area (Å²) < 4.78 is 26.0. The Morgan fingerprint density at radius 1 is 1.07 bits per heavy atom. The molecule has 13 nitrogen and oxygen atoms in total. The molecule has 2 saturated carbocycles. The van der Waals surface area contributed by atoms with Crippen molar-refractivity contribution < 1.29 is 33.0 Å². The number of carbonyl (C=O) groups excluding carboxylic acids is 4. The maximum atomic E-state index is 14.9. The van der Waals surface area contributed by atoms with Crippen LogP contribution in [0.2, 0.25) is 0 Å². The Labute approximate surface area is 331 Å². The molecule has 3 heterocycles. The molecule has 0 radical (unpaired) electrons. The third-order valence-electron chi connectivity index (χ3n) is 11.8. The zero-order valence-corrected chi connectivity index (χ0v) is 34.8. The fourth-order valence-electron chi connectivity index (χ4n) is 8.43. The van der Waals surface area contributed by atoms with Gasteiger partial charge < -0.3 is 26.0 Å². The second kappa shape index (κ2) is 18.5. The second-order valence-corrected chi connectivity index (χ2v) is 20.2. The quantitative estimate of drug-likeness (QED) is 0.0585. The lowest BCUT2D eigenvalue weighted by Crippen LogP contribution is -2.61. The Kier molecular flexibility index (Phi) is 14.6. The molecule has 5 rings (SSSR count). The van der Waals surface area contributed by atoms with Crippen molar-refractivity contribution in [2.75, 3.05) is 19.6 Å². The van der Waals surface area contributed by atoms with Crippen LogP contribution in [0.25, 0.3) is 0 Å². The fourth-order valence-corrected chi connectivity index (χ4v) is 11.4. The number of ketones is 1. The van der Waals surface area contributed by atoms with Gasteiger partial charge in [0, 0.05) is 19.2 Å². The first-order valence-corrected chi connectivity index (χ1v) is 22.3. The summed E-state index contributed by atoms with van der Waals surface area (Å²) in [5.74, 6) is -1.61. The predicted octanol–water partition coefficient (Wildman–Crippen LogP) is 4.99. The number of nitrogens with one attached hydrogen (secondary N) is 4. The largest absolute Gasteiger partial charge is 0.376 e. The minimum Gasteiger partial charge on any atom is -0.376 e. The summed E-state index contributed by atoms with van der Waals surface area (Å²) in [7, 11) is -3.44. The highest BCUT2D eigenvalue weighted by atomic mass is 32.3. The van der Waals surface area contributed by atoms with Gasteiger partial charge in [0.15, 0.2) is 0 Å². The monoisotopic (exact) mass is 803 g/mol. The number of Topliss-reactive ketones (excluding diaryl/α,β-unsaturated/α-hetero) is 1. The van der Waals surface area contributed by atoms with Crippen LogP contribution in [-0.2, 0) is 35.5 Å². The lowest BCUT2D eigenvalue weighted by Gasteiger charge is -2.38. The maximum absolute atomic E-state index is 14.9. The number of hydrogen-bond acceptors (Lipinski definition) is 8. The van der Waals surface area contributed by atoms with Gasteiger partial charge in [-0.2, -0.15) is 4.55 Å². The number of amides is 4. The lowest BCUT2D eigenvalue weighted by molar-refractivity contribution is -0.141. The van der Waals surface area contributed by atoms with Gasteiger partial charge in [-0.15, -0.1) is 17.9 Å². The van der Waals surface area contributed by atoms with E-state index in [4.69, 9.17) is 0 Å². The number of rotatable bonds is 16. The molecule has 0 spiro atoms. The highest BCUT2D eigenvalue weighted by Crippen LogP contribution is 2.39. The van der Waals surface area contributed by atoms with E-state index in [1.165, 1.54) is 21.7 Å². The molecular formula is C40H63N6O7S2+. The number of likely N-dealkylation sites (tertiary alicyclic amines) is 1. The summed E-state index contributed by atoms with van der Waals surface area (Å²) in [6.07, 6.45) is 10.5. The first kappa shape index (κ1) is 43.2. The number of allylic oxidation sites excluding steroid dienone is 1. The average Bonchev–Trinajstić information content (AvgIpc) is 3.81. The normalized spacial score (nSPS) is 25.5. The number of thiophene rings is 1. The SMILES string of the molecule is C=CCNC(=O)C(=O)C(CC1CCC1)NC(O)[C@@H]1CC(C=C(C)C)CN1C(=O)[C@@H](NC(=O)N[C@H](CN1Cc2sccc2[S+]1(=O)O)C(C)(C)C)C1CCCCC1. The Morgan fingerprint density at radius 2 is 1.78 bits per heavy atom. The van der Waals surface area contributed by atoms with Gasteiger partial charge in [-0.05, 0) is 72.3 Å². The lowest BCUT2D eigenvalue weighted by atomic mass is 9.80. The summed E-state index contributed by atoms with van der Waals surface area (Å²) in [5.41, 5.74) is 0.586. The van der Waals surface area contributed by atoms with E-state index in [1.54, 1.807) is 11.0 Å². The second-order valence-electron chi connectivity index (χ2n) is 17.3. The summed E-state index contributed by atoms with van der Waals surface area (Å²) in [6.45, 7) is 14.4. The van der Waals surface area contributed by atoms with E-state index in [2.05, 4.69) is 33.9 Å². The van der Waals surface area contributed by atoms with Crippen LogP contribution in [0.5, 0.6) is 0 Å². The summed E-state index contributed by atoms with van der Waals surface area (Å²) in [6, 6.07) is -1.89. The number of hydrogen-bond donors (Lipinski definition) is 6. The summed E-state index contributed by atoms with van der Waals surface area (Å²) in [5, 5.41) is 25.4. The number of fused-ring (bicyclic) bond motifs is 1. The van der Waals surface area contributed by atoms with Crippen LogP contribution in [-0.4, -0.2) is 92.5 Å². The molecular weight excluding hydrogens is 741 g/mol. The van der Waals surface area contributed by atoms with Crippen LogP contribution in [0, 0.1) is 23.2 Å². The van der Waals surface area contributed by atoms with E-state index in [-0.39, 0.29) is 36.8 Å². The average molecular weight is 804 g/mol. The summed E-state index contributed by atoms with van der Waals surface area (Å²) in [4.78, 5) is 57.9. The molecule has 7 atom stereocenters. The molecule has 0 aromatic carbocycles. The minimum atomic E-state index is -3.44. The number of aliphatic hydroxyl groups is 1. The number of carbonyl (C=O) groups is 4. The van der Waals surface area contributed by atoms with Gasteiger partial charge in [-0.1, -0.05) is 81.3 Å². The van der Waals surface area contributed by atoms with Gasteiger partial charge in [-0.25, -0.2) is 4.79 Å². The first-order valence-electron chi connectivity index (χ1n) is 20.0. The molecule has 15 heteroatoms. The Hall–Kier alpha value is -2.95. The Bertz CT molecular complexity index is 1630. The fraction of sp³-hybridized carbons (Fsp3) is 0.700. The topological polar surface area (TPSA) is 180 Å². The van der Waals surface area contributed by atoms with Crippen molar-refractivity contribution in [3.8, 4) is 0 Å². The number of nitrogens with zero attached hydrogens (tertiary/aromatic N) is 2. The minimum absolute atomic E-state index is 0.0600. The molecule has 3 fully saturated rings. The van der Waals surface area contributed by atoms with Gasteiger partial charge in [0.1, 0.15) is 12.3 Å². The van der Waals surface area contributed by atoms with Crippen LogP contribution in [0.1, 0.15) is 104 Å². The molecule has 55 heavy (non-hydrogen) atoms. The van der Waals surface area contributed by atoms with Crippen LogP contribution < -0.4 is 21.3 Å². The van der Waals surface area contributed by atoms with Crippen molar-refractivity contribution in [1.29, 1.82) is 0 Å².